The highest BCUT2D eigenvalue weighted by Gasteiger charge is 2.28. The third-order valence-electron chi connectivity index (χ3n) is 5.12. The number of nitrogens with zero attached hydrogens (tertiary/aromatic N) is 1. The summed E-state index contributed by atoms with van der Waals surface area (Å²) in [6.45, 7) is 6.14. The van der Waals surface area contributed by atoms with Crippen LogP contribution in [0.25, 0.3) is 0 Å². The second-order valence-electron chi connectivity index (χ2n) is 7.38. The van der Waals surface area contributed by atoms with E-state index in [1.54, 1.807) is 17.0 Å². The highest BCUT2D eigenvalue weighted by atomic mass is 19.1. The third kappa shape index (κ3) is 7.00. The Hall–Kier alpha value is -2.69. The molecule has 2 amide bonds. The van der Waals surface area contributed by atoms with Crippen LogP contribution in [0.2, 0.25) is 0 Å². The Balaban J connectivity index is 2.19. The average Bonchev–Trinajstić information content (AvgIpc) is 2.73. The lowest BCUT2D eigenvalue weighted by atomic mass is 10.1. The number of aryl methyl sites for hydroxylation is 1. The van der Waals surface area contributed by atoms with Gasteiger partial charge in [-0.2, -0.15) is 0 Å². The van der Waals surface area contributed by atoms with Crippen molar-refractivity contribution >= 4 is 11.8 Å². The van der Waals surface area contributed by atoms with Crippen molar-refractivity contribution < 1.29 is 14.0 Å². The molecule has 1 N–H and O–H groups in total. The summed E-state index contributed by atoms with van der Waals surface area (Å²) in [5, 5.41) is 2.99. The third-order valence-corrected chi connectivity index (χ3v) is 5.12. The number of rotatable bonds is 10. The molecule has 5 heteroatoms. The van der Waals surface area contributed by atoms with E-state index in [0.29, 0.717) is 19.3 Å². The van der Waals surface area contributed by atoms with E-state index in [-0.39, 0.29) is 30.2 Å². The molecule has 0 heterocycles. The molecule has 2 rings (SSSR count). The standard InChI is InChI=1S/C24H31FN2O2/c1-4-18(3)26-24(29)22(5-2)27(17-20-11-14-21(25)15-12-20)23(28)16-13-19-9-7-6-8-10-19/h6-12,14-15,18,22H,4-5,13,16-17H2,1-3H3,(H,26,29)/t18-,22+/m1/s1. The number of carbonyl (C=O) groups excluding carboxylic acids is 2. The van der Waals surface area contributed by atoms with Crippen molar-refractivity contribution in [2.45, 2.75) is 65.1 Å². The quantitative estimate of drug-likeness (QED) is 0.641. The molecule has 0 saturated carbocycles. The first-order valence-electron chi connectivity index (χ1n) is 10.3. The molecule has 2 aromatic carbocycles. The van der Waals surface area contributed by atoms with Gasteiger partial charge in [-0.1, -0.05) is 56.3 Å². The summed E-state index contributed by atoms with van der Waals surface area (Å²) in [6.07, 6.45) is 2.27. The van der Waals surface area contributed by atoms with E-state index in [2.05, 4.69) is 5.32 Å². The summed E-state index contributed by atoms with van der Waals surface area (Å²) in [5.41, 5.74) is 1.88. The topological polar surface area (TPSA) is 49.4 Å². The Morgan fingerprint density at radius 1 is 0.966 bits per heavy atom. The van der Waals surface area contributed by atoms with Crippen molar-refractivity contribution in [2.75, 3.05) is 0 Å². The highest BCUT2D eigenvalue weighted by Crippen LogP contribution is 2.16. The Labute approximate surface area is 173 Å². The summed E-state index contributed by atoms with van der Waals surface area (Å²) >= 11 is 0. The molecule has 0 aliphatic heterocycles. The van der Waals surface area contributed by atoms with Crippen LogP contribution < -0.4 is 5.32 Å². The van der Waals surface area contributed by atoms with Gasteiger partial charge in [-0.25, -0.2) is 4.39 Å². The van der Waals surface area contributed by atoms with E-state index in [1.165, 1.54) is 12.1 Å². The zero-order valence-electron chi connectivity index (χ0n) is 17.5. The fourth-order valence-electron chi connectivity index (χ4n) is 3.19. The van der Waals surface area contributed by atoms with Gasteiger partial charge in [0.15, 0.2) is 0 Å². The van der Waals surface area contributed by atoms with E-state index in [4.69, 9.17) is 0 Å². The molecule has 0 spiro atoms. The minimum atomic E-state index is -0.558. The average molecular weight is 399 g/mol. The monoisotopic (exact) mass is 398 g/mol. The smallest absolute Gasteiger partial charge is 0.243 e. The van der Waals surface area contributed by atoms with Gasteiger partial charge in [0.05, 0.1) is 0 Å². The van der Waals surface area contributed by atoms with E-state index >= 15 is 0 Å². The normalized spacial score (nSPS) is 12.8. The van der Waals surface area contributed by atoms with Crippen LogP contribution in [0.1, 0.15) is 51.2 Å². The van der Waals surface area contributed by atoms with Crippen LogP contribution in [0.5, 0.6) is 0 Å². The van der Waals surface area contributed by atoms with E-state index < -0.39 is 6.04 Å². The van der Waals surface area contributed by atoms with Crippen molar-refractivity contribution in [1.29, 1.82) is 0 Å². The van der Waals surface area contributed by atoms with Gasteiger partial charge in [0, 0.05) is 19.0 Å². The maximum atomic E-state index is 13.3. The molecule has 2 aromatic rings. The predicted octanol–water partition coefficient (Wildman–Crippen LogP) is 4.48. The number of hydrogen-bond acceptors (Lipinski definition) is 2. The van der Waals surface area contributed by atoms with Crippen molar-refractivity contribution in [3.8, 4) is 0 Å². The lowest BCUT2D eigenvalue weighted by Crippen LogP contribution is -2.50. The molecule has 156 valence electrons. The van der Waals surface area contributed by atoms with Gasteiger partial charge in [0.25, 0.3) is 0 Å². The van der Waals surface area contributed by atoms with Gasteiger partial charge in [-0.05, 0) is 49.4 Å². The van der Waals surface area contributed by atoms with Gasteiger partial charge in [-0.15, -0.1) is 0 Å². The van der Waals surface area contributed by atoms with Crippen molar-refractivity contribution in [3.05, 3.63) is 71.5 Å². The summed E-state index contributed by atoms with van der Waals surface area (Å²) in [5.74, 6) is -0.543. The molecule has 0 aromatic heterocycles. The number of carbonyl (C=O) groups is 2. The first-order valence-corrected chi connectivity index (χ1v) is 10.3. The molecule has 0 radical (unpaired) electrons. The second-order valence-corrected chi connectivity index (χ2v) is 7.38. The Kier molecular flexibility index (Phi) is 8.84. The maximum Gasteiger partial charge on any atom is 0.243 e. The van der Waals surface area contributed by atoms with Gasteiger partial charge < -0.3 is 10.2 Å². The minimum Gasteiger partial charge on any atom is -0.352 e. The predicted molar refractivity (Wildman–Crippen MR) is 114 cm³/mol. The van der Waals surface area contributed by atoms with Crippen LogP contribution in [0.15, 0.2) is 54.6 Å². The van der Waals surface area contributed by atoms with Gasteiger partial charge in [0.1, 0.15) is 11.9 Å². The highest BCUT2D eigenvalue weighted by molar-refractivity contribution is 5.87. The summed E-state index contributed by atoms with van der Waals surface area (Å²) < 4.78 is 13.3. The van der Waals surface area contributed by atoms with Crippen LogP contribution in [0.4, 0.5) is 4.39 Å². The fraction of sp³-hybridized carbons (Fsp3) is 0.417. The number of halogens is 1. The van der Waals surface area contributed by atoms with Crippen LogP contribution in [0, 0.1) is 5.82 Å². The zero-order chi connectivity index (χ0) is 21.2. The van der Waals surface area contributed by atoms with Crippen molar-refractivity contribution in [3.63, 3.8) is 0 Å². The fourth-order valence-corrected chi connectivity index (χ4v) is 3.19. The number of benzene rings is 2. The van der Waals surface area contributed by atoms with Crippen LogP contribution >= 0.6 is 0 Å². The van der Waals surface area contributed by atoms with E-state index in [1.807, 2.05) is 51.1 Å². The Morgan fingerprint density at radius 2 is 1.62 bits per heavy atom. The molecular weight excluding hydrogens is 367 g/mol. The molecule has 0 unspecified atom stereocenters. The summed E-state index contributed by atoms with van der Waals surface area (Å²) in [4.78, 5) is 27.6. The molecule has 29 heavy (non-hydrogen) atoms. The molecular formula is C24H31FN2O2. The number of nitrogens with one attached hydrogen (secondary N) is 1. The molecule has 0 fully saturated rings. The molecule has 2 atom stereocenters. The van der Waals surface area contributed by atoms with Gasteiger partial charge >= 0.3 is 0 Å². The SMILES string of the molecule is CC[C@@H](C)NC(=O)[C@H](CC)N(Cc1ccc(F)cc1)C(=O)CCc1ccccc1. The first kappa shape index (κ1) is 22.6. The van der Waals surface area contributed by atoms with E-state index in [9.17, 15) is 14.0 Å². The van der Waals surface area contributed by atoms with E-state index in [0.717, 1.165) is 17.5 Å². The Bertz CT molecular complexity index is 777. The summed E-state index contributed by atoms with van der Waals surface area (Å²) in [7, 11) is 0. The number of amides is 2. The molecule has 4 nitrogen and oxygen atoms in total. The van der Waals surface area contributed by atoms with Crippen molar-refractivity contribution in [2.24, 2.45) is 0 Å². The molecule has 0 bridgehead atoms. The maximum absolute atomic E-state index is 13.3. The second kappa shape index (κ2) is 11.3. The number of hydrogen-bond donors (Lipinski definition) is 1. The van der Waals surface area contributed by atoms with Crippen LogP contribution in [-0.4, -0.2) is 28.8 Å². The first-order chi connectivity index (χ1) is 13.9. The van der Waals surface area contributed by atoms with Gasteiger partial charge in [-0.3, -0.25) is 9.59 Å². The molecule has 0 aliphatic carbocycles. The minimum absolute atomic E-state index is 0.0450. The van der Waals surface area contributed by atoms with Crippen LogP contribution in [0.3, 0.4) is 0 Å². The zero-order valence-corrected chi connectivity index (χ0v) is 17.5. The lowest BCUT2D eigenvalue weighted by molar-refractivity contribution is -0.141. The largest absolute Gasteiger partial charge is 0.352 e. The van der Waals surface area contributed by atoms with Crippen LogP contribution in [-0.2, 0) is 22.6 Å². The molecule has 0 aliphatic rings. The summed E-state index contributed by atoms with van der Waals surface area (Å²) in [6, 6.07) is 15.4. The Morgan fingerprint density at radius 3 is 2.21 bits per heavy atom. The van der Waals surface area contributed by atoms with Crippen molar-refractivity contribution in [1.82, 2.24) is 10.2 Å². The van der Waals surface area contributed by atoms with Gasteiger partial charge in [0.2, 0.25) is 11.8 Å². The molecule has 0 saturated heterocycles. The lowest BCUT2D eigenvalue weighted by Gasteiger charge is -2.31.